The minimum absolute atomic E-state index is 0.0935. The molecule has 1 aromatic heterocycles. The molecule has 25 heavy (non-hydrogen) atoms. The Balaban J connectivity index is 1.46. The summed E-state index contributed by atoms with van der Waals surface area (Å²) in [5.41, 5.74) is 4.79. The molecular formula is C21H26N2O2. The van der Waals surface area contributed by atoms with Crippen LogP contribution in [-0.4, -0.2) is 23.6 Å². The van der Waals surface area contributed by atoms with Gasteiger partial charge in [0.25, 0.3) is 0 Å². The van der Waals surface area contributed by atoms with Crippen LogP contribution in [0, 0.1) is 20.8 Å². The molecule has 1 N–H and O–H groups in total. The van der Waals surface area contributed by atoms with Gasteiger partial charge in [-0.1, -0.05) is 12.1 Å². The Hall–Kier alpha value is -2.49. The summed E-state index contributed by atoms with van der Waals surface area (Å²) in [7, 11) is 0. The number of aromatic nitrogens is 1. The van der Waals surface area contributed by atoms with E-state index in [1.807, 2.05) is 37.3 Å². The molecule has 4 nitrogen and oxygen atoms in total. The fourth-order valence-electron chi connectivity index (χ4n) is 3.14. The van der Waals surface area contributed by atoms with Gasteiger partial charge in [-0.15, -0.1) is 0 Å². The van der Waals surface area contributed by atoms with Crippen LogP contribution < -0.4 is 10.1 Å². The van der Waals surface area contributed by atoms with Crippen molar-refractivity contribution in [1.29, 1.82) is 0 Å². The Morgan fingerprint density at radius 1 is 1.28 bits per heavy atom. The molecule has 1 fully saturated rings. The van der Waals surface area contributed by atoms with Gasteiger partial charge in [-0.3, -0.25) is 4.79 Å². The molecule has 0 spiro atoms. The zero-order chi connectivity index (χ0) is 17.8. The minimum Gasteiger partial charge on any atom is -0.492 e. The zero-order valence-corrected chi connectivity index (χ0v) is 15.2. The van der Waals surface area contributed by atoms with E-state index in [-0.39, 0.29) is 5.91 Å². The molecule has 0 atom stereocenters. The SMILES string of the molecule is Cc1cccc(OCCNC(=O)/C=C/c2cc(C)n(C3CC3)c2C)c1. The number of nitrogens with one attached hydrogen (secondary N) is 1. The Bertz CT molecular complexity index is 785. The van der Waals surface area contributed by atoms with Gasteiger partial charge in [0.1, 0.15) is 12.4 Å². The van der Waals surface area contributed by atoms with Crippen molar-refractivity contribution >= 4 is 12.0 Å². The lowest BCUT2D eigenvalue weighted by Gasteiger charge is -2.07. The second kappa shape index (κ2) is 7.60. The summed E-state index contributed by atoms with van der Waals surface area (Å²) in [6.45, 7) is 7.22. The molecule has 1 aliphatic rings. The molecule has 4 heteroatoms. The minimum atomic E-state index is -0.0935. The van der Waals surface area contributed by atoms with E-state index in [1.54, 1.807) is 6.08 Å². The van der Waals surface area contributed by atoms with Crippen LogP contribution in [0.3, 0.4) is 0 Å². The largest absolute Gasteiger partial charge is 0.492 e. The Morgan fingerprint density at radius 3 is 2.80 bits per heavy atom. The molecule has 0 unspecified atom stereocenters. The van der Waals surface area contributed by atoms with Crippen LogP contribution in [0.5, 0.6) is 5.75 Å². The predicted octanol–water partition coefficient (Wildman–Crippen LogP) is 3.96. The van der Waals surface area contributed by atoms with E-state index in [2.05, 4.69) is 29.8 Å². The lowest BCUT2D eigenvalue weighted by atomic mass is 10.2. The average Bonchev–Trinajstić information content (AvgIpc) is 3.36. The number of ether oxygens (including phenoxy) is 1. The summed E-state index contributed by atoms with van der Waals surface area (Å²) in [5, 5.41) is 2.86. The van der Waals surface area contributed by atoms with Crippen LogP contribution in [0.4, 0.5) is 0 Å². The van der Waals surface area contributed by atoms with Crippen LogP contribution in [0.15, 0.2) is 36.4 Å². The monoisotopic (exact) mass is 338 g/mol. The highest BCUT2D eigenvalue weighted by molar-refractivity contribution is 5.91. The van der Waals surface area contributed by atoms with E-state index in [9.17, 15) is 4.79 Å². The number of rotatable bonds is 7. The van der Waals surface area contributed by atoms with Crippen LogP contribution in [0.2, 0.25) is 0 Å². The van der Waals surface area contributed by atoms with Crippen molar-refractivity contribution in [2.75, 3.05) is 13.2 Å². The van der Waals surface area contributed by atoms with Gasteiger partial charge in [0.15, 0.2) is 0 Å². The zero-order valence-electron chi connectivity index (χ0n) is 15.2. The predicted molar refractivity (Wildman–Crippen MR) is 101 cm³/mol. The molecule has 0 radical (unpaired) electrons. The van der Waals surface area contributed by atoms with Gasteiger partial charge in [-0.2, -0.15) is 0 Å². The number of hydrogen-bond donors (Lipinski definition) is 1. The first kappa shape index (κ1) is 17.3. The van der Waals surface area contributed by atoms with Crippen LogP contribution in [0.1, 0.15) is 41.4 Å². The second-order valence-electron chi connectivity index (χ2n) is 6.72. The van der Waals surface area contributed by atoms with Crippen molar-refractivity contribution < 1.29 is 9.53 Å². The molecular weight excluding hydrogens is 312 g/mol. The number of aryl methyl sites for hydroxylation is 2. The highest BCUT2D eigenvalue weighted by Crippen LogP contribution is 2.38. The fraction of sp³-hybridized carbons (Fsp3) is 0.381. The molecule has 0 aliphatic heterocycles. The van der Waals surface area contributed by atoms with Crippen molar-refractivity contribution in [3.05, 3.63) is 58.9 Å². The third kappa shape index (κ3) is 4.53. The summed E-state index contributed by atoms with van der Waals surface area (Å²) in [6, 6.07) is 10.7. The van der Waals surface area contributed by atoms with Crippen molar-refractivity contribution in [2.45, 2.75) is 39.7 Å². The standard InChI is InChI=1S/C21H26N2O2/c1-15-5-4-6-20(13-15)25-12-11-22-21(24)10-7-18-14-16(2)23(17(18)3)19-8-9-19/h4-7,10,13-14,19H,8-9,11-12H2,1-3H3,(H,22,24)/b10-7+. The van der Waals surface area contributed by atoms with E-state index >= 15 is 0 Å². The van der Waals surface area contributed by atoms with Crippen molar-refractivity contribution in [3.63, 3.8) is 0 Å². The molecule has 1 heterocycles. The molecule has 3 rings (SSSR count). The van der Waals surface area contributed by atoms with E-state index in [1.165, 1.54) is 24.2 Å². The van der Waals surface area contributed by atoms with E-state index in [4.69, 9.17) is 4.74 Å². The maximum absolute atomic E-state index is 12.0. The quantitative estimate of drug-likeness (QED) is 0.613. The second-order valence-corrected chi connectivity index (χ2v) is 6.72. The normalized spacial score (nSPS) is 14.0. The van der Waals surface area contributed by atoms with Crippen molar-refractivity contribution in [2.24, 2.45) is 0 Å². The lowest BCUT2D eigenvalue weighted by molar-refractivity contribution is -0.116. The molecule has 1 amide bonds. The third-order valence-corrected chi connectivity index (χ3v) is 4.51. The van der Waals surface area contributed by atoms with Crippen molar-refractivity contribution in [3.8, 4) is 5.75 Å². The average molecular weight is 338 g/mol. The third-order valence-electron chi connectivity index (χ3n) is 4.51. The topological polar surface area (TPSA) is 43.3 Å². The maximum Gasteiger partial charge on any atom is 0.244 e. The summed E-state index contributed by atoms with van der Waals surface area (Å²) >= 11 is 0. The number of amides is 1. The first-order valence-electron chi connectivity index (χ1n) is 8.88. The van der Waals surface area contributed by atoms with Gasteiger partial charge >= 0.3 is 0 Å². The van der Waals surface area contributed by atoms with Crippen LogP contribution >= 0.6 is 0 Å². The molecule has 2 aromatic rings. The molecule has 1 aromatic carbocycles. The lowest BCUT2D eigenvalue weighted by Crippen LogP contribution is -2.26. The number of nitrogens with zero attached hydrogens (tertiary/aromatic N) is 1. The Labute approximate surface area is 149 Å². The first-order chi connectivity index (χ1) is 12.0. The summed E-state index contributed by atoms with van der Waals surface area (Å²) in [5.74, 6) is 0.737. The van der Waals surface area contributed by atoms with Gasteiger partial charge in [0, 0.05) is 23.5 Å². The van der Waals surface area contributed by atoms with Gasteiger partial charge in [0.05, 0.1) is 6.54 Å². The highest BCUT2D eigenvalue weighted by atomic mass is 16.5. The summed E-state index contributed by atoms with van der Waals surface area (Å²) < 4.78 is 8.01. The Kier molecular flexibility index (Phi) is 5.27. The molecule has 0 saturated heterocycles. The molecule has 1 aliphatic carbocycles. The molecule has 132 valence electrons. The summed E-state index contributed by atoms with van der Waals surface area (Å²) in [6.07, 6.45) is 6.03. The number of benzene rings is 1. The summed E-state index contributed by atoms with van der Waals surface area (Å²) in [4.78, 5) is 12.0. The van der Waals surface area contributed by atoms with Gasteiger partial charge in [-0.25, -0.2) is 0 Å². The first-order valence-corrected chi connectivity index (χ1v) is 8.88. The highest BCUT2D eigenvalue weighted by Gasteiger charge is 2.26. The fourth-order valence-corrected chi connectivity index (χ4v) is 3.14. The molecule has 1 saturated carbocycles. The Morgan fingerprint density at radius 2 is 2.08 bits per heavy atom. The van der Waals surface area contributed by atoms with E-state index < -0.39 is 0 Å². The van der Waals surface area contributed by atoms with Crippen LogP contribution in [-0.2, 0) is 4.79 Å². The number of carbonyl (C=O) groups is 1. The van der Waals surface area contributed by atoms with Gasteiger partial charge < -0.3 is 14.6 Å². The van der Waals surface area contributed by atoms with Gasteiger partial charge in [-0.05, 0) is 69.0 Å². The number of hydrogen-bond acceptors (Lipinski definition) is 2. The smallest absolute Gasteiger partial charge is 0.244 e. The van der Waals surface area contributed by atoms with Crippen LogP contribution in [0.25, 0.3) is 6.08 Å². The maximum atomic E-state index is 12.0. The van der Waals surface area contributed by atoms with E-state index in [0.29, 0.717) is 19.2 Å². The van der Waals surface area contributed by atoms with Crippen molar-refractivity contribution in [1.82, 2.24) is 9.88 Å². The van der Waals surface area contributed by atoms with E-state index in [0.717, 1.165) is 16.9 Å². The molecule has 0 bridgehead atoms. The van der Waals surface area contributed by atoms with Gasteiger partial charge in [0.2, 0.25) is 5.91 Å². The number of carbonyl (C=O) groups excluding carboxylic acids is 1.